The Labute approximate surface area is 210 Å². The Kier molecular flexibility index (Phi) is 6.70. The van der Waals surface area contributed by atoms with E-state index in [0.29, 0.717) is 38.4 Å². The molecule has 4 aromatic rings. The second-order valence-corrected chi connectivity index (χ2v) is 10.1. The second kappa shape index (κ2) is 10.1. The molecule has 1 saturated heterocycles. The SMILES string of the molecule is CCOC(=O)c1c(N2CCN(C(=O)c3cccs3)CC2)c2ccsc2n(Cc2ccccc2)c1=O. The van der Waals surface area contributed by atoms with E-state index in [1.54, 1.807) is 11.5 Å². The molecule has 3 aromatic heterocycles. The van der Waals surface area contributed by atoms with Gasteiger partial charge in [0.2, 0.25) is 0 Å². The lowest BCUT2D eigenvalue weighted by molar-refractivity contribution is 0.0523. The van der Waals surface area contributed by atoms with Gasteiger partial charge in [-0.05, 0) is 35.4 Å². The van der Waals surface area contributed by atoms with Gasteiger partial charge in [-0.1, -0.05) is 36.4 Å². The summed E-state index contributed by atoms with van der Waals surface area (Å²) in [4.78, 5) is 45.1. The first-order valence-electron chi connectivity index (χ1n) is 11.5. The number of esters is 1. The van der Waals surface area contributed by atoms with Gasteiger partial charge in [-0.3, -0.25) is 14.2 Å². The predicted molar refractivity (Wildman–Crippen MR) is 140 cm³/mol. The fourth-order valence-electron chi connectivity index (χ4n) is 4.47. The van der Waals surface area contributed by atoms with Gasteiger partial charge < -0.3 is 14.5 Å². The van der Waals surface area contributed by atoms with Crippen LogP contribution in [0.25, 0.3) is 10.2 Å². The van der Waals surface area contributed by atoms with Gasteiger partial charge in [-0.2, -0.15) is 0 Å². The minimum Gasteiger partial charge on any atom is -0.462 e. The number of benzene rings is 1. The molecule has 0 radical (unpaired) electrons. The van der Waals surface area contributed by atoms with Crippen LogP contribution in [-0.4, -0.2) is 54.1 Å². The summed E-state index contributed by atoms with van der Waals surface area (Å²) in [5.74, 6) is -0.594. The van der Waals surface area contributed by atoms with Crippen molar-refractivity contribution in [3.63, 3.8) is 0 Å². The highest BCUT2D eigenvalue weighted by atomic mass is 32.1. The van der Waals surface area contributed by atoms with Crippen molar-refractivity contribution in [3.8, 4) is 0 Å². The van der Waals surface area contributed by atoms with Crippen LogP contribution in [-0.2, 0) is 11.3 Å². The minimum atomic E-state index is -0.612. The van der Waals surface area contributed by atoms with Crippen LogP contribution in [0.2, 0.25) is 0 Å². The molecule has 0 atom stereocenters. The number of thiophene rings is 2. The van der Waals surface area contributed by atoms with Gasteiger partial charge in [0.1, 0.15) is 10.4 Å². The van der Waals surface area contributed by atoms with Crippen LogP contribution < -0.4 is 10.5 Å². The van der Waals surface area contributed by atoms with Crippen LogP contribution in [0, 0.1) is 0 Å². The largest absolute Gasteiger partial charge is 0.462 e. The standard InChI is InChI=1S/C26H25N3O4S2/c1-2-33-26(32)21-22(27-11-13-28(14-12-27)23(30)20-9-6-15-34-20)19-10-16-35-25(19)29(24(21)31)17-18-7-4-3-5-8-18/h3-10,15-16H,2,11-14,17H2,1H3. The summed E-state index contributed by atoms with van der Waals surface area (Å²) in [5.41, 5.74) is 1.30. The first-order chi connectivity index (χ1) is 17.1. The number of carbonyl (C=O) groups excluding carboxylic acids is 2. The number of fused-ring (bicyclic) bond motifs is 1. The average Bonchev–Trinajstić information content (AvgIpc) is 3.59. The number of carbonyl (C=O) groups is 2. The van der Waals surface area contributed by atoms with Gasteiger partial charge in [0.05, 0.1) is 23.7 Å². The molecule has 5 rings (SSSR count). The van der Waals surface area contributed by atoms with Crippen molar-refractivity contribution >= 4 is 50.5 Å². The Morgan fingerprint density at radius 3 is 2.40 bits per heavy atom. The quantitative estimate of drug-likeness (QED) is 0.364. The van der Waals surface area contributed by atoms with Crippen molar-refractivity contribution in [2.45, 2.75) is 13.5 Å². The van der Waals surface area contributed by atoms with E-state index in [2.05, 4.69) is 0 Å². The molecule has 1 fully saturated rings. The topological polar surface area (TPSA) is 71.8 Å². The van der Waals surface area contributed by atoms with E-state index >= 15 is 0 Å². The molecule has 35 heavy (non-hydrogen) atoms. The Balaban J connectivity index is 1.54. The highest BCUT2D eigenvalue weighted by Gasteiger charge is 2.31. The molecule has 7 nitrogen and oxygen atoms in total. The number of anilines is 1. The smallest absolute Gasteiger partial charge is 0.345 e. The number of hydrogen-bond acceptors (Lipinski definition) is 7. The first kappa shape index (κ1) is 23.3. The molecule has 0 unspecified atom stereocenters. The van der Waals surface area contributed by atoms with Crippen molar-refractivity contribution in [1.82, 2.24) is 9.47 Å². The third-order valence-electron chi connectivity index (χ3n) is 6.12. The maximum atomic E-state index is 13.8. The molecule has 180 valence electrons. The molecule has 1 aromatic carbocycles. The summed E-state index contributed by atoms with van der Waals surface area (Å²) in [6, 6.07) is 15.4. The zero-order valence-electron chi connectivity index (χ0n) is 19.3. The Hall–Kier alpha value is -3.43. The highest BCUT2D eigenvalue weighted by molar-refractivity contribution is 7.16. The minimum absolute atomic E-state index is 0.0178. The molecule has 1 aliphatic rings. The maximum Gasteiger partial charge on any atom is 0.345 e. The number of aromatic nitrogens is 1. The third kappa shape index (κ3) is 4.49. The van der Waals surface area contributed by atoms with Gasteiger partial charge in [0.25, 0.3) is 11.5 Å². The van der Waals surface area contributed by atoms with E-state index in [4.69, 9.17) is 4.74 Å². The summed E-state index contributed by atoms with van der Waals surface area (Å²) in [7, 11) is 0. The van der Waals surface area contributed by atoms with Gasteiger partial charge in [-0.15, -0.1) is 22.7 Å². The number of rotatable bonds is 6. The number of amides is 1. The summed E-state index contributed by atoms with van der Waals surface area (Å²) in [5, 5.41) is 4.69. The molecule has 0 aliphatic carbocycles. The summed E-state index contributed by atoms with van der Waals surface area (Å²) in [6.45, 7) is 4.36. The van der Waals surface area contributed by atoms with Crippen molar-refractivity contribution in [3.05, 3.63) is 85.6 Å². The van der Waals surface area contributed by atoms with Crippen LogP contribution in [0.5, 0.6) is 0 Å². The highest BCUT2D eigenvalue weighted by Crippen LogP contribution is 2.34. The predicted octanol–water partition coefficient (Wildman–Crippen LogP) is 4.31. The van der Waals surface area contributed by atoms with Gasteiger partial charge in [0, 0.05) is 31.6 Å². The van der Waals surface area contributed by atoms with Crippen LogP contribution in [0.4, 0.5) is 5.69 Å². The van der Waals surface area contributed by atoms with Gasteiger partial charge in [-0.25, -0.2) is 4.79 Å². The second-order valence-electron chi connectivity index (χ2n) is 8.22. The molecule has 0 bridgehead atoms. The number of ether oxygens (including phenoxy) is 1. The van der Waals surface area contributed by atoms with Crippen molar-refractivity contribution in [2.75, 3.05) is 37.7 Å². The lowest BCUT2D eigenvalue weighted by Gasteiger charge is -2.37. The average molecular weight is 508 g/mol. The van der Waals surface area contributed by atoms with E-state index in [1.807, 2.05) is 69.1 Å². The monoisotopic (exact) mass is 507 g/mol. The normalized spacial score (nSPS) is 13.9. The number of piperazine rings is 1. The van der Waals surface area contributed by atoms with Crippen LogP contribution >= 0.6 is 22.7 Å². The fourth-order valence-corrected chi connectivity index (χ4v) is 6.06. The van der Waals surface area contributed by atoms with E-state index < -0.39 is 5.97 Å². The number of pyridine rings is 1. The Morgan fingerprint density at radius 1 is 0.943 bits per heavy atom. The molecule has 0 spiro atoms. The Morgan fingerprint density at radius 2 is 1.71 bits per heavy atom. The lowest BCUT2D eigenvalue weighted by Crippen LogP contribution is -2.49. The van der Waals surface area contributed by atoms with E-state index in [9.17, 15) is 14.4 Å². The fraction of sp³-hybridized carbons (Fsp3) is 0.269. The van der Waals surface area contributed by atoms with Crippen molar-refractivity contribution in [1.29, 1.82) is 0 Å². The van der Waals surface area contributed by atoms with E-state index in [1.165, 1.54) is 22.7 Å². The molecule has 4 heterocycles. The Bertz CT molecular complexity index is 1400. The molecule has 0 N–H and O–H groups in total. The lowest BCUT2D eigenvalue weighted by atomic mass is 10.1. The van der Waals surface area contributed by atoms with Crippen LogP contribution in [0.15, 0.2) is 64.1 Å². The molecule has 9 heteroatoms. The maximum absolute atomic E-state index is 13.8. The summed E-state index contributed by atoms with van der Waals surface area (Å²) < 4.78 is 7.01. The summed E-state index contributed by atoms with van der Waals surface area (Å²) in [6.07, 6.45) is 0. The summed E-state index contributed by atoms with van der Waals surface area (Å²) >= 11 is 2.92. The van der Waals surface area contributed by atoms with Crippen molar-refractivity contribution in [2.24, 2.45) is 0 Å². The van der Waals surface area contributed by atoms with Crippen LogP contribution in [0.3, 0.4) is 0 Å². The van der Waals surface area contributed by atoms with E-state index in [-0.39, 0.29) is 23.6 Å². The third-order valence-corrected chi connectivity index (χ3v) is 7.91. The number of nitrogens with zero attached hydrogens (tertiary/aromatic N) is 3. The van der Waals surface area contributed by atoms with Gasteiger partial charge in [0.15, 0.2) is 0 Å². The van der Waals surface area contributed by atoms with Gasteiger partial charge >= 0.3 is 5.97 Å². The zero-order chi connectivity index (χ0) is 24.4. The molecule has 1 aliphatic heterocycles. The van der Waals surface area contributed by atoms with Crippen LogP contribution in [0.1, 0.15) is 32.5 Å². The van der Waals surface area contributed by atoms with Crippen molar-refractivity contribution < 1.29 is 14.3 Å². The molecular weight excluding hydrogens is 482 g/mol. The first-order valence-corrected chi connectivity index (χ1v) is 13.3. The molecule has 0 saturated carbocycles. The molecular formula is C26H25N3O4S2. The zero-order valence-corrected chi connectivity index (χ0v) is 20.9. The van der Waals surface area contributed by atoms with E-state index in [0.717, 1.165) is 20.7 Å². The number of hydrogen-bond donors (Lipinski definition) is 0. The molecule has 1 amide bonds.